The Morgan fingerprint density at radius 1 is 1.16 bits per heavy atom. The maximum atomic E-state index is 11.9. The number of primary amides is 1. The van der Waals surface area contributed by atoms with Crippen LogP contribution < -0.4 is 20.5 Å². The molecule has 9 heteroatoms. The molecular weight excluding hydrogens is 408 g/mol. The largest absolute Gasteiger partial charge is 0.488 e. The number of methoxy groups -OCH3 is 1. The van der Waals surface area contributed by atoms with Crippen LogP contribution in [-0.2, 0) is 13.0 Å². The summed E-state index contributed by atoms with van der Waals surface area (Å²) in [6.45, 7) is 1.20. The molecule has 0 saturated carbocycles. The fraction of sp³-hybridized carbons (Fsp3) is 0.217. The number of anilines is 1. The zero-order valence-corrected chi connectivity index (χ0v) is 17.5. The summed E-state index contributed by atoms with van der Waals surface area (Å²) in [4.78, 5) is 25.9. The van der Waals surface area contributed by atoms with E-state index in [9.17, 15) is 4.79 Å². The van der Waals surface area contributed by atoms with Crippen molar-refractivity contribution in [3.05, 3.63) is 65.4 Å². The lowest BCUT2D eigenvalue weighted by atomic mass is 10.1. The predicted molar refractivity (Wildman–Crippen MR) is 119 cm³/mol. The first-order valence-corrected chi connectivity index (χ1v) is 10.3. The third-order valence-electron chi connectivity index (χ3n) is 5.33. The van der Waals surface area contributed by atoms with Crippen LogP contribution in [0.3, 0.4) is 0 Å². The lowest BCUT2D eigenvalue weighted by molar-refractivity contribution is 0.100. The van der Waals surface area contributed by atoms with Gasteiger partial charge in [0.1, 0.15) is 5.52 Å². The summed E-state index contributed by atoms with van der Waals surface area (Å²) in [5.41, 5.74) is 8.85. The molecule has 162 valence electrons. The molecule has 9 nitrogen and oxygen atoms in total. The van der Waals surface area contributed by atoms with E-state index in [4.69, 9.17) is 25.2 Å². The number of nitrogens with one attached hydrogen (secondary N) is 1. The number of nitrogens with zero attached hydrogens (tertiary/aromatic N) is 4. The first kappa shape index (κ1) is 19.8. The van der Waals surface area contributed by atoms with Crippen molar-refractivity contribution in [2.45, 2.75) is 19.4 Å². The van der Waals surface area contributed by atoms with Crippen molar-refractivity contribution in [2.75, 3.05) is 19.0 Å². The van der Waals surface area contributed by atoms with Gasteiger partial charge < -0.3 is 20.5 Å². The number of fused-ring (bicyclic) bond motifs is 2. The fourth-order valence-electron chi connectivity index (χ4n) is 3.83. The van der Waals surface area contributed by atoms with Crippen molar-refractivity contribution >= 4 is 22.8 Å². The van der Waals surface area contributed by atoms with E-state index in [2.05, 4.69) is 10.3 Å². The van der Waals surface area contributed by atoms with Crippen LogP contribution in [0, 0.1) is 0 Å². The van der Waals surface area contributed by atoms with Crippen LogP contribution in [-0.4, -0.2) is 39.1 Å². The normalized spacial score (nSPS) is 12.8. The van der Waals surface area contributed by atoms with Crippen molar-refractivity contribution in [1.29, 1.82) is 0 Å². The van der Waals surface area contributed by atoms with Crippen LogP contribution in [0.15, 0.2) is 48.5 Å². The Hall–Kier alpha value is -4.14. The number of hydrogen-bond donors (Lipinski definition) is 2. The second-order valence-electron chi connectivity index (χ2n) is 7.41. The molecule has 4 aromatic rings. The lowest BCUT2D eigenvalue weighted by Crippen LogP contribution is -2.17. The minimum Gasteiger partial charge on any atom is -0.488 e. The summed E-state index contributed by atoms with van der Waals surface area (Å²) in [5.74, 6) is 1.08. The highest BCUT2D eigenvalue weighted by Crippen LogP contribution is 2.34. The maximum absolute atomic E-state index is 11.9. The van der Waals surface area contributed by atoms with Gasteiger partial charge in [-0.25, -0.2) is 9.55 Å². The molecule has 1 amide bonds. The number of aromatic nitrogens is 4. The summed E-state index contributed by atoms with van der Waals surface area (Å²) in [5, 5.41) is 3.38. The van der Waals surface area contributed by atoms with Gasteiger partial charge in [0.05, 0.1) is 30.5 Å². The molecule has 0 bridgehead atoms. The minimum atomic E-state index is -0.562. The molecule has 3 heterocycles. The molecular formula is C23H22N6O3. The summed E-state index contributed by atoms with van der Waals surface area (Å²) in [7, 11) is 1.51. The number of carbonyl (C=O) groups is 1. The molecule has 32 heavy (non-hydrogen) atoms. The number of rotatable bonds is 6. The van der Waals surface area contributed by atoms with Crippen LogP contribution in [0.5, 0.6) is 11.8 Å². The van der Waals surface area contributed by atoms with Crippen molar-refractivity contribution in [2.24, 2.45) is 5.73 Å². The Bertz CT molecular complexity index is 1300. The van der Waals surface area contributed by atoms with Crippen molar-refractivity contribution in [3.63, 3.8) is 0 Å². The SMILES string of the molecule is COc1nc2c(C(N)=O)cccc2n1-c1nc2c(c(NCc3ccccc3)n1)OCCC2. The number of imidazole rings is 1. The summed E-state index contributed by atoms with van der Waals surface area (Å²) in [6.07, 6.45) is 1.64. The summed E-state index contributed by atoms with van der Waals surface area (Å²) in [6, 6.07) is 15.5. The number of benzene rings is 2. The van der Waals surface area contributed by atoms with Gasteiger partial charge in [0.15, 0.2) is 11.6 Å². The maximum Gasteiger partial charge on any atom is 0.304 e. The smallest absolute Gasteiger partial charge is 0.304 e. The van der Waals surface area contributed by atoms with Crippen LogP contribution in [0.25, 0.3) is 17.0 Å². The quantitative estimate of drug-likeness (QED) is 0.483. The number of hydrogen-bond acceptors (Lipinski definition) is 7. The average molecular weight is 430 g/mol. The van der Waals surface area contributed by atoms with E-state index >= 15 is 0 Å². The molecule has 1 aliphatic heterocycles. The molecule has 0 unspecified atom stereocenters. The Morgan fingerprint density at radius 3 is 2.78 bits per heavy atom. The minimum absolute atomic E-state index is 0.263. The number of aryl methyl sites for hydroxylation is 1. The molecule has 0 aliphatic carbocycles. The second-order valence-corrected chi connectivity index (χ2v) is 7.41. The van der Waals surface area contributed by atoms with Crippen molar-refractivity contribution in [3.8, 4) is 17.7 Å². The first-order chi connectivity index (χ1) is 15.7. The van der Waals surface area contributed by atoms with E-state index in [0.717, 1.165) is 24.1 Å². The van der Waals surface area contributed by atoms with Gasteiger partial charge in [-0.1, -0.05) is 36.4 Å². The molecule has 5 rings (SSSR count). The Balaban J connectivity index is 1.64. The van der Waals surface area contributed by atoms with E-state index in [1.165, 1.54) is 7.11 Å². The third-order valence-corrected chi connectivity index (χ3v) is 5.33. The molecule has 0 radical (unpaired) electrons. The number of ether oxygens (including phenoxy) is 2. The highest BCUT2D eigenvalue weighted by atomic mass is 16.5. The van der Waals surface area contributed by atoms with Gasteiger partial charge in [0.2, 0.25) is 5.95 Å². The van der Waals surface area contributed by atoms with Crippen LogP contribution in [0.2, 0.25) is 0 Å². The fourth-order valence-corrected chi connectivity index (χ4v) is 3.83. The van der Waals surface area contributed by atoms with E-state index in [0.29, 0.717) is 47.3 Å². The van der Waals surface area contributed by atoms with Crippen molar-refractivity contribution < 1.29 is 14.3 Å². The number of para-hydroxylation sites is 1. The van der Waals surface area contributed by atoms with E-state index in [1.807, 2.05) is 36.4 Å². The predicted octanol–water partition coefficient (Wildman–Crippen LogP) is 2.86. The molecule has 2 aromatic carbocycles. The van der Waals surface area contributed by atoms with Crippen LogP contribution in [0.4, 0.5) is 5.82 Å². The summed E-state index contributed by atoms with van der Waals surface area (Å²) >= 11 is 0. The topological polar surface area (TPSA) is 117 Å². The molecule has 0 saturated heterocycles. The van der Waals surface area contributed by atoms with Gasteiger partial charge in [-0.05, 0) is 30.5 Å². The van der Waals surface area contributed by atoms with E-state index < -0.39 is 5.91 Å². The molecule has 0 atom stereocenters. The van der Waals surface area contributed by atoms with Gasteiger partial charge in [-0.15, -0.1) is 0 Å². The molecule has 3 N–H and O–H groups in total. The van der Waals surface area contributed by atoms with Gasteiger partial charge in [-0.2, -0.15) is 9.97 Å². The van der Waals surface area contributed by atoms with Gasteiger partial charge in [-0.3, -0.25) is 4.79 Å². The number of carbonyl (C=O) groups excluding carboxylic acids is 1. The first-order valence-electron chi connectivity index (χ1n) is 10.3. The Morgan fingerprint density at radius 2 is 2.00 bits per heavy atom. The standard InChI is InChI=1S/C23H22N6O3/c1-31-23-27-18-15(20(24)30)9-5-11-17(18)29(23)22-26-16-10-6-12-32-19(16)21(28-22)25-13-14-7-3-2-4-8-14/h2-5,7-9,11H,6,10,12-13H2,1H3,(H2,24,30)(H,25,26,28). The van der Waals surface area contributed by atoms with Gasteiger partial charge in [0.25, 0.3) is 5.91 Å². The molecule has 1 aliphatic rings. The number of amides is 1. The Kier molecular flexibility index (Phi) is 5.06. The van der Waals surface area contributed by atoms with E-state index in [-0.39, 0.29) is 6.01 Å². The lowest BCUT2D eigenvalue weighted by Gasteiger charge is -2.21. The molecule has 2 aromatic heterocycles. The van der Waals surface area contributed by atoms with Crippen LogP contribution >= 0.6 is 0 Å². The van der Waals surface area contributed by atoms with Gasteiger partial charge >= 0.3 is 6.01 Å². The second kappa shape index (κ2) is 8.18. The monoisotopic (exact) mass is 430 g/mol. The highest BCUT2D eigenvalue weighted by molar-refractivity contribution is 6.04. The Labute approximate surface area is 184 Å². The zero-order chi connectivity index (χ0) is 22.1. The zero-order valence-electron chi connectivity index (χ0n) is 17.5. The highest BCUT2D eigenvalue weighted by Gasteiger charge is 2.24. The number of nitrogens with two attached hydrogens (primary N) is 1. The molecule has 0 fully saturated rings. The van der Waals surface area contributed by atoms with Gasteiger partial charge in [0, 0.05) is 6.54 Å². The third kappa shape index (κ3) is 3.47. The van der Waals surface area contributed by atoms with Crippen LogP contribution in [0.1, 0.15) is 28.0 Å². The molecule has 0 spiro atoms. The summed E-state index contributed by atoms with van der Waals surface area (Å²) < 4.78 is 13.1. The average Bonchev–Trinajstić information content (AvgIpc) is 3.21. The van der Waals surface area contributed by atoms with E-state index in [1.54, 1.807) is 16.7 Å². The van der Waals surface area contributed by atoms with Crippen molar-refractivity contribution in [1.82, 2.24) is 19.5 Å².